The number of ether oxygens (including phenoxy) is 2. The van der Waals surface area contributed by atoms with Gasteiger partial charge in [-0.25, -0.2) is 4.39 Å². The minimum absolute atomic E-state index is 0.258. The van der Waals surface area contributed by atoms with E-state index >= 15 is 4.39 Å². The van der Waals surface area contributed by atoms with Crippen molar-refractivity contribution in [2.75, 3.05) is 13.2 Å². The third-order valence-electron chi connectivity index (χ3n) is 7.64. The summed E-state index contributed by atoms with van der Waals surface area (Å²) in [6, 6.07) is 28.8. The molecule has 214 valence electrons. The van der Waals surface area contributed by atoms with Gasteiger partial charge in [0.25, 0.3) is 0 Å². The molecule has 0 aromatic heterocycles. The number of rotatable bonds is 9. The van der Waals surface area contributed by atoms with Crippen LogP contribution in [0.1, 0.15) is 48.6 Å². The summed E-state index contributed by atoms with van der Waals surface area (Å²) >= 11 is 0. The molecule has 0 radical (unpaired) electrons. The van der Waals surface area contributed by atoms with E-state index in [2.05, 4.69) is 57.5 Å². The first-order valence-electron chi connectivity index (χ1n) is 14.5. The Labute approximate surface area is 252 Å². The first-order chi connectivity index (χ1) is 20.2. The van der Waals surface area contributed by atoms with Crippen LogP contribution in [0, 0.1) is 29.5 Å². The largest absolute Gasteiger partial charge is 0.489 e. The van der Waals surface area contributed by atoms with Crippen molar-refractivity contribution in [2.45, 2.75) is 51.9 Å². The lowest BCUT2D eigenvalue weighted by atomic mass is 9.95. The lowest BCUT2D eigenvalue weighted by Gasteiger charge is -2.27. The van der Waals surface area contributed by atoms with Gasteiger partial charge in [0.05, 0.1) is 6.61 Å². The Morgan fingerprint density at radius 3 is 2.07 bits per heavy atom. The van der Waals surface area contributed by atoms with Crippen LogP contribution in [0.15, 0.2) is 91.0 Å². The van der Waals surface area contributed by atoms with Crippen molar-refractivity contribution in [3.63, 3.8) is 0 Å². The van der Waals surface area contributed by atoms with Gasteiger partial charge in [0.15, 0.2) is 0 Å². The van der Waals surface area contributed by atoms with Crippen molar-refractivity contribution in [2.24, 2.45) is 0 Å². The summed E-state index contributed by atoms with van der Waals surface area (Å²) in [6.45, 7) is 13.0. The van der Waals surface area contributed by atoms with Gasteiger partial charge in [-0.05, 0) is 76.7 Å². The first kappa shape index (κ1) is 30.9. The molecule has 0 heterocycles. The van der Waals surface area contributed by atoms with Crippen LogP contribution in [0.4, 0.5) is 4.39 Å². The Morgan fingerprint density at radius 1 is 0.762 bits per heavy atom. The normalized spacial score (nSPS) is 10.9. The predicted octanol–water partition coefficient (Wildman–Crippen LogP) is 8.67. The second-order valence-corrected chi connectivity index (χ2v) is 15.3. The number of hydrogen-bond acceptors (Lipinski definition) is 2. The molecule has 0 N–H and O–H groups in total. The SMILES string of the molecule is CCc1cc(C#CCOCC(C)(C)[SiH](C)C)ccc1-c1ccc(C#Cc2ccc(OCc3ccccc3)cc2)cc1F. The zero-order valence-electron chi connectivity index (χ0n) is 25.3. The Bertz CT molecular complexity index is 1600. The highest BCUT2D eigenvalue weighted by Crippen LogP contribution is 2.29. The Morgan fingerprint density at radius 2 is 1.40 bits per heavy atom. The first-order valence-corrected chi connectivity index (χ1v) is 17.4. The zero-order valence-corrected chi connectivity index (χ0v) is 26.4. The van der Waals surface area contributed by atoms with Crippen LogP contribution >= 0.6 is 0 Å². The molecule has 4 heteroatoms. The van der Waals surface area contributed by atoms with Crippen LogP contribution < -0.4 is 4.74 Å². The molecular weight excluding hydrogens is 536 g/mol. The number of aryl methyl sites for hydroxylation is 1. The predicted molar refractivity (Wildman–Crippen MR) is 175 cm³/mol. The van der Waals surface area contributed by atoms with Crippen LogP contribution in [0.2, 0.25) is 18.1 Å². The van der Waals surface area contributed by atoms with Crippen molar-refractivity contribution in [3.05, 3.63) is 125 Å². The number of benzene rings is 4. The highest BCUT2D eigenvalue weighted by atomic mass is 28.3. The molecule has 0 spiro atoms. The summed E-state index contributed by atoms with van der Waals surface area (Å²) in [5.74, 6) is 13.0. The van der Waals surface area contributed by atoms with Gasteiger partial charge in [-0.3, -0.25) is 0 Å². The van der Waals surface area contributed by atoms with E-state index in [0.29, 0.717) is 24.3 Å². The maximum atomic E-state index is 15.3. The fraction of sp³-hybridized carbons (Fsp3) is 0.263. The second kappa shape index (κ2) is 14.7. The zero-order chi connectivity index (χ0) is 30.0. The van der Waals surface area contributed by atoms with Gasteiger partial charge >= 0.3 is 0 Å². The third-order valence-corrected chi connectivity index (χ3v) is 10.9. The number of halogens is 1. The molecule has 0 aliphatic heterocycles. The van der Waals surface area contributed by atoms with Crippen LogP contribution in [0.25, 0.3) is 11.1 Å². The van der Waals surface area contributed by atoms with E-state index in [1.54, 1.807) is 0 Å². The van der Waals surface area contributed by atoms with Crippen LogP contribution in [-0.4, -0.2) is 22.0 Å². The smallest absolute Gasteiger partial charge is 0.132 e. The summed E-state index contributed by atoms with van der Waals surface area (Å²) in [5.41, 5.74) is 6.01. The molecule has 0 unspecified atom stereocenters. The molecule has 42 heavy (non-hydrogen) atoms. The fourth-order valence-electron chi connectivity index (χ4n) is 4.23. The third kappa shape index (κ3) is 8.70. The monoisotopic (exact) mass is 574 g/mol. The molecule has 4 aromatic rings. The maximum Gasteiger partial charge on any atom is 0.132 e. The van der Waals surface area contributed by atoms with Gasteiger partial charge in [0.1, 0.15) is 24.8 Å². The van der Waals surface area contributed by atoms with Gasteiger partial charge in [0, 0.05) is 31.1 Å². The van der Waals surface area contributed by atoms with E-state index < -0.39 is 8.80 Å². The topological polar surface area (TPSA) is 18.5 Å². The molecule has 0 atom stereocenters. The lowest BCUT2D eigenvalue weighted by molar-refractivity contribution is 0.143. The van der Waals surface area contributed by atoms with E-state index in [0.717, 1.165) is 46.6 Å². The molecule has 0 saturated heterocycles. The molecule has 0 amide bonds. The molecular formula is C38H39FO2Si. The minimum atomic E-state index is -0.792. The highest BCUT2D eigenvalue weighted by molar-refractivity contribution is 6.59. The molecule has 4 rings (SSSR count). The molecule has 0 aliphatic rings. The van der Waals surface area contributed by atoms with Gasteiger partial charge in [-0.1, -0.05) is 100 Å². The van der Waals surface area contributed by atoms with Crippen molar-refractivity contribution in [1.29, 1.82) is 0 Å². The second-order valence-electron chi connectivity index (χ2n) is 11.4. The van der Waals surface area contributed by atoms with Crippen molar-refractivity contribution in [3.8, 4) is 40.6 Å². The molecule has 4 aromatic carbocycles. The average Bonchev–Trinajstić information content (AvgIpc) is 3.00. The summed E-state index contributed by atoms with van der Waals surface area (Å²) in [7, 11) is -0.792. The van der Waals surface area contributed by atoms with E-state index in [9.17, 15) is 0 Å². The van der Waals surface area contributed by atoms with E-state index in [1.165, 1.54) is 6.07 Å². The molecule has 2 nitrogen and oxygen atoms in total. The van der Waals surface area contributed by atoms with Gasteiger partial charge < -0.3 is 9.47 Å². The Hall–Kier alpha value is -4.09. The number of hydrogen-bond donors (Lipinski definition) is 0. The summed E-state index contributed by atoms with van der Waals surface area (Å²) in [5, 5.41) is 0.258. The van der Waals surface area contributed by atoms with Crippen LogP contribution in [0.5, 0.6) is 5.75 Å². The van der Waals surface area contributed by atoms with Crippen molar-refractivity contribution < 1.29 is 13.9 Å². The molecule has 0 fully saturated rings. The Kier molecular flexibility index (Phi) is 10.8. The molecule has 0 bridgehead atoms. The van der Waals surface area contributed by atoms with E-state index in [4.69, 9.17) is 9.47 Å². The van der Waals surface area contributed by atoms with Crippen molar-refractivity contribution in [1.82, 2.24) is 0 Å². The quantitative estimate of drug-likeness (QED) is 0.113. The molecule has 0 saturated carbocycles. The summed E-state index contributed by atoms with van der Waals surface area (Å²) in [6.07, 6.45) is 0.778. The summed E-state index contributed by atoms with van der Waals surface area (Å²) < 4.78 is 26.9. The van der Waals surface area contributed by atoms with Gasteiger partial charge in [-0.15, -0.1) is 0 Å². The standard InChI is InChI=1S/C38H39FO2Si/c1-6-33-25-30(13-10-24-40-28-38(2,3)42(4)5)18-22-35(33)36-23-19-31(26-37(36)39)15-14-29-16-20-34(21-17-29)41-27-32-11-8-7-9-12-32/h7-9,11-12,16-23,25-26,42H,6,24,27-28H2,1-5H3. The Balaban J connectivity index is 1.39. The van der Waals surface area contributed by atoms with Gasteiger partial charge in [0.2, 0.25) is 0 Å². The van der Waals surface area contributed by atoms with Gasteiger partial charge in [-0.2, -0.15) is 0 Å². The minimum Gasteiger partial charge on any atom is -0.489 e. The highest BCUT2D eigenvalue weighted by Gasteiger charge is 2.23. The van der Waals surface area contributed by atoms with Crippen LogP contribution in [0.3, 0.4) is 0 Å². The summed E-state index contributed by atoms with van der Waals surface area (Å²) in [4.78, 5) is 0. The van der Waals surface area contributed by atoms with Crippen LogP contribution in [-0.2, 0) is 17.8 Å². The van der Waals surface area contributed by atoms with Crippen molar-refractivity contribution >= 4 is 8.80 Å². The molecule has 0 aliphatic carbocycles. The average molecular weight is 575 g/mol. The van der Waals surface area contributed by atoms with E-state index in [1.807, 2.05) is 84.9 Å². The fourth-order valence-corrected chi connectivity index (χ4v) is 4.68. The lowest BCUT2D eigenvalue weighted by Crippen LogP contribution is -2.26. The van der Waals surface area contributed by atoms with E-state index in [-0.39, 0.29) is 10.9 Å². The maximum absolute atomic E-state index is 15.3.